The number of hydrogen-bond acceptors (Lipinski definition) is 3. The van der Waals surface area contributed by atoms with E-state index in [9.17, 15) is 18.7 Å². The van der Waals surface area contributed by atoms with Gasteiger partial charge in [-0.25, -0.2) is 8.78 Å². The number of carbonyl (C=O) groups excluding carboxylic acids is 1. The van der Waals surface area contributed by atoms with Crippen molar-refractivity contribution in [3.8, 4) is 5.75 Å². The zero-order chi connectivity index (χ0) is 14.7. The number of aromatic hydroxyl groups is 1. The first kappa shape index (κ1) is 14.7. The number of nitrogens with zero attached hydrogens (tertiary/aromatic N) is 1. The molecular weight excluding hydrogens is 266 g/mol. The van der Waals surface area contributed by atoms with Crippen LogP contribution in [-0.4, -0.2) is 35.5 Å². The van der Waals surface area contributed by atoms with Crippen LogP contribution in [0.25, 0.3) is 0 Å². The van der Waals surface area contributed by atoms with E-state index in [1.54, 1.807) is 0 Å². The van der Waals surface area contributed by atoms with Gasteiger partial charge in [0.2, 0.25) is 0 Å². The molecule has 1 unspecified atom stereocenters. The quantitative estimate of drug-likeness (QED) is 0.871. The number of halogens is 2. The fraction of sp³-hybridized carbons (Fsp3) is 0.500. The van der Waals surface area contributed by atoms with E-state index in [-0.39, 0.29) is 11.5 Å². The second-order valence-electron chi connectivity index (χ2n) is 5.11. The minimum atomic E-state index is -1.21. The highest BCUT2D eigenvalue weighted by molar-refractivity contribution is 5.95. The van der Waals surface area contributed by atoms with Crippen molar-refractivity contribution < 1.29 is 18.7 Å². The van der Waals surface area contributed by atoms with Gasteiger partial charge >= 0.3 is 0 Å². The molecule has 2 rings (SSSR count). The summed E-state index contributed by atoms with van der Waals surface area (Å²) in [5, 5.41) is 9.25. The van der Waals surface area contributed by atoms with Crippen LogP contribution in [0, 0.1) is 17.6 Å². The van der Waals surface area contributed by atoms with Crippen LogP contribution >= 0.6 is 0 Å². The third-order valence-corrected chi connectivity index (χ3v) is 3.69. The summed E-state index contributed by atoms with van der Waals surface area (Å²) >= 11 is 0. The number of amides is 1. The highest BCUT2D eigenvalue weighted by atomic mass is 19.1. The Bertz CT molecular complexity index is 508. The summed E-state index contributed by atoms with van der Waals surface area (Å²) in [6.45, 7) is 1.46. The van der Waals surface area contributed by atoms with E-state index in [1.165, 1.54) is 4.90 Å². The molecule has 1 aliphatic rings. The van der Waals surface area contributed by atoms with Crippen molar-refractivity contribution >= 4 is 5.91 Å². The van der Waals surface area contributed by atoms with Crippen LogP contribution < -0.4 is 5.73 Å². The third-order valence-electron chi connectivity index (χ3n) is 3.69. The summed E-state index contributed by atoms with van der Waals surface area (Å²) in [6.07, 6.45) is 2.75. The fourth-order valence-corrected chi connectivity index (χ4v) is 2.48. The van der Waals surface area contributed by atoms with Crippen LogP contribution in [0.3, 0.4) is 0 Å². The first-order valence-electron chi connectivity index (χ1n) is 6.71. The molecule has 1 amide bonds. The van der Waals surface area contributed by atoms with Gasteiger partial charge in [0.05, 0.1) is 5.56 Å². The second-order valence-corrected chi connectivity index (χ2v) is 5.11. The van der Waals surface area contributed by atoms with Crippen LogP contribution in [0.4, 0.5) is 8.78 Å². The van der Waals surface area contributed by atoms with Gasteiger partial charge in [0, 0.05) is 13.1 Å². The normalized spacial score (nSPS) is 19.8. The van der Waals surface area contributed by atoms with Crippen LogP contribution in [-0.2, 0) is 0 Å². The summed E-state index contributed by atoms with van der Waals surface area (Å²) in [5.41, 5.74) is 5.34. The van der Waals surface area contributed by atoms with Gasteiger partial charge in [-0.05, 0) is 37.4 Å². The van der Waals surface area contributed by atoms with Gasteiger partial charge in [-0.15, -0.1) is 0 Å². The lowest BCUT2D eigenvalue weighted by molar-refractivity contribution is 0.0737. The van der Waals surface area contributed by atoms with E-state index in [1.807, 2.05) is 0 Å². The van der Waals surface area contributed by atoms with Gasteiger partial charge in [0.15, 0.2) is 17.4 Å². The highest BCUT2D eigenvalue weighted by Crippen LogP contribution is 2.25. The number of rotatable bonds is 2. The molecule has 1 aliphatic heterocycles. The summed E-state index contributed by atoms with van der Waals surface area (Å²) in [5.74, 6) is -3.73. The molecule has 1 aromatic rings. The average Bonchev–Trinajstić information content (AvgIpc) is 2.70. The molecular formula is C14H18F2N2O2. The van der Waals surface area contributed by atoms with E-state index in [2.05, 4.69) is 0 Å². The zero-order valence-electron chi connectivity index (χ0n) is 11.1. The molecule has 110 valence electrons. The van der Waals surface area contributed by atoms with Crippen molar-refractivity contribution in [1.82, 2.24) is 4.90 Å². The molecule has 0 aromatic heterocycles. The van der Waals surface area contributed by atoms with Crippen molar-refractivity contribution in [2.75, 3.05) is 19.6 Å². The first-order chi connectivity index (χ1) is 9.54. The Morgan fingerprint density at radius 1 is 1.40 bits per heavy atom. The number of likely N-dealkylation sites (tertiary alicyclic amines) is 1. The molecule has 1 atom stereocenters. The number of phenolic OH excluding ortho intramolecular Hbond substituents is 1. The van der Waals surface area contributed by atoms with Gasteiger partial charge in [-0.3, -0.25) is 4.79 Å². The van der Waals surface area contributed by atoms with E-state index in [4.69, 9.17) is 5.73 Å². The molecule has 0 spiro atoms. The molecule has 0 aliphatic carbocycles. The SMILES string of the molecule is NCC1CCCCN(C(=O)c2ccc(F)c(O)c2F)C1. The van der Waals surface area contributed by atoms with Crippen molar-refractivity contribution in [3.63, 3.8) is 0 Å². The van der Waals surface area contributed by atoms with Crippen molar-refractivity contribution in [2.24, 2.45) is 11.7 Å². The summed E-state index contributed by atoms with van der Waals surface area (Å²) in [6, 6.07) is 1.96. The molecule has 1 saturated heterocycles. The maximum Gasteiger partial charge on any atom is 0.256 e. The van der Waals surface area contributed by atoms with E-state index < -0.39 is 23.3 Å². The van der Waals surface area contributed by atoms with Crippen molar-refractivity contribution in [2.45, 2.75) is 19.3 Å². The maximum atomic E-state index is 13.8. The summed E-state index contributed by atoms with van der Waals surface area (Å²) in [4.78, 5) is 13.8. The van der Waals surface area contributed by atoms with Gasteiger partial charge in [-0.2, -0.15) is 0 Å². The van der Waals surface area contributed by atoms with E-state index in [0.29, 0.717) is 19.6 Å². The Hall–Kier alpha value is -1.69. The van der Waals surface area contributed by atoms with Crippen LogP contribution in [0.15, 0.2) is 12.1 Å². The lowest BCUT2D eigenvalue weighted by Gasteiger charge is -2.24. The Kier molecular flexibility index (Phi) is 4.54. The predicted molar refractivity (Wildman–Crippen MR) is 70.3 cm³/mol. The number of hydrogen-bond donors (Lipinski definition) is 2. The largest absolute Gasteiger partial charge is 0.503 e. The van der Waals surface area contributed by atoms with Crippen LogP contribution in [0.1, 0.15) is 29.6 Å². The molecule has 1 fully saturated rings. The zero-order valence-corrected chi connectivity index (χ0v) is 11.1. The monoisotopic (exact) mass is 284 g/mol. The highest BCUT2D eigenvalue weighted by Gasteiger charge is 2.26. The minimum absolute atomic E-state index is 0.193. The molecule has 1 heterocycles. The topological polar surface area (TPSA) is 66.6 Å². The Morgan fingerprint density at radius 3 is 2.85 bits per heavy atom. The lowest BCUT2D eigenvalue weighted by Crippen LogP contribution is -2.37. The molecule has 20 heavy (non-hydrogen) atoms. The van der Waals surface area contributed by atoms with Gasteiger partial charge in [0.1, 0.15) is 0 Å². The van der Waals surface area contributed by atoms with Crippen molar-refractivity contribution in [3.05, 3.63) is 29.3 Å². The molecule has 0 bridgehead atoms. The standard InChI is InChI=1S/C14H18F2N2O2/c15-11-5-4-10(12(16)13(11)19)14(20)18-6-2-1-3-9(7-17)8-18/h4-5,9,19H,1-3,6-8,17H2. The lowest BCUT2D eigenvalue weighted by atomic mass is 10.0. The number of carbonyl (C=O) groups is 1. The Labute approximate surface area is 116 Å². The smallest absolute Gasteiger partial charge is 0.256 e. The predicted octanol–water partition coefficient (Wildman–Crippen LogP) is 1.87. The summed E-state index contributed by atoms with van der Waals surface area (Å²) in [7, 11) is 0. The van der Waals surface area contributed by atoms with Gasteiger partial charge in [-0.1, -0.05) is 6.42 Å². The van der Waals surface area contributed by atoms with E-state index in [0.717, 1.165) is 31.4 Å². The number of phenols is 1. The van der Waals surface area contributed by atoms with Crippen LogP contribution in [0.2, 0.25) is 0 Å². The minimum Gasteiger partial charge on any atom is -0.503 e. The third kappa shape index (κ3) is 2.90. The molecule has 0 saturated carbocycles. The molecule has 3 N–H and O–H groups in total. The Balaban J connectivity index is 2.24. The van der Waals surface area contributed by atoms with Gasteiger partial charge in [0.25, 0.3) is 5.91 Å². The number of nitrogens with two attached hydrogens (primary N) is 1. The maximum absolute atomic E-state index is 13.8. The van der Waals surface area contributed by atoms with Crippen LogP contribution in [0.5, 0.6) is 5.75 Å². The molecule has 0 radical (unpaired) electrons. The molecule has 6 heteroatoms. The average molecular weight is 284 g/mol. The number of benzene rings is 1. The molecule has 4 nitrogen and oxygen atoms in total. The molecule has 1 aromatic carbocycles. The first-order valence-corrected chi connectivity index (χ1v) is 6.71. The fourth-order valence-electron chi connectivity index (χ4n) is 2.48. The summed E-state index contributed by atoms with van der Waals surface area (Å²) < 4.78 is 26.8. The van der Waals surface area contributed by atoms with Gasteiger partial charge < -0.3 is 15.7 Å². The second kappa shape index (κ2) is 6.17. The van der Waals surface area contributed by atoms with Crippen molar-refractivity contribution in [1.29, 1.82) is 0 Å². The van der Waals surface area contributed by atoms with E-state index >= 15 is 0 Å². The Morgan fingerprint density at radius 2 is 2.15 bits per heavy atom.